The molecule has 1 atom stereocenters. The maximum absolute atomic E-state index is 13.4. The molecule has 0 radical (unpaired) electrons. The van der Waals surface area contributed by atoms with Crippen LogP contribution in [-0.2, 0) is 9.59 Å². The summed E-state index contributed by atoms with van der Waals surface area (Å²) in [6, 6.07) is 12.8. The number of ketones is 1. The first-order valence-corrected chi connectivity index (χ1v) is 11.3. The van der Waals surface area contributed by atoms with Crippen molar-refractivity contribution in [3.8, 4) is 5.75 Å². The third-order valence-electron chi connectivity index (χ3n) is 6.00. The second-order valence-corrected chi connectivity index (χ2v) is 8.25. The van der Waals surface area contributed by atoms with Gasteiger partial charge in [0.25, 0.3) is 5.91 Å². The average Bonchev–Trinajstić information content (AvgIpc) is 3.07. The van der Waals surface area contributed by atoms with Crippen LogP contribution in [0.5, 0.6) is 5.75 Å². The van der Waals surface area contributed by atoms with Crippen LogP contribution < -0.4 is 14.7 Å². The average molecular weight is 457 g/mol. The lowest BCUT2D eigenvalue weighted by Gasteiger charge is -2.28. The predicted molar refractivity (Wildman–Crippen MR) is 122 cm³/mol. The number of carbonyl (C=O) groups excluding carboxylic acids is 2. The normalized spacial score (nSPS) is 17.9. The summed E-state index contributed by atoms with van der Waals surface area (Å²) in [6.07, 6.45) is 0.740. The Hall–Kier alpha value is -2.83. The Kier molecular flexibility index (Phi) is 7.94. The fraction of sp³-hybridized carbons (Fsp3) is 0.360. The van der Waals surface area contributed by atoms with E-state index in [1.54, 1.807) is 55.6 Å². The number of Topliss-reactive ketones (excluding diaryl/α,β-unsaturated/α-hetero) is 1. The zero-order valence-corrected chi connectivity index (χ0v) is 19.4. The molecule has 0 spiro atoms. The molecule has 0 saturated carbocycles. The molecule has 32 heavy (non-hydrogen) atoms. The number of nitrogens with one attached hydrogen (secondary N) is 1. The smallest absolute Gasteiger partial charge is 0.295 e. The molecule has 6 nitrogen and oxygen atoms in total. The van der Waals surface area contributed by atoms with Gasteiger partial charge in [-0.1, -0.05) is 41.6 Å². The Morgan fingerprint density at radius 2 is 1.69 bits per heavy atom. The maximum atomic E-state index is 13.4. The number of quaternary nitrogens is 1. The van der Waals surface area contributed by atoms with Crippen LogP contribution in [0, 0.1) is 0 Å². The van der Waals surface area contributed by atoms with E-state index in [0.717, 1.165) is 26.1 Å². The Labute approximate surface area is 194 Å². The molecule has 1 aliphatic heterocycles. The molecule has 0 aromatic heterocycles. The zero-order chi connectivity index (χ0) is 23.3. The Morgan fingerprint density at radius 3 is 2.25 bits per heavy atom. The number of hydrogen-bond donors (Lipinski definition) is 1. The van der Waals surface area contributed by atoms with Gasteiger partial charge < -0.3 is 19.6 Å². The Balaban J connectivity index is 2.01. The zero-order valence-electron chi connectivity index (χ0n) is 18.7. The summed E-state index contributed by atoms with van der Waals surface area (Å²) in [4.78, 5) is 28.9. The van der Waals surface area contributed by atoms with Crippen LogP contribution in [0.3, 0.4) is 0 Å². The van der Waals surface area contributed by atoms with Gasteiger partial charge in [-0.3, -0.25) is 9.59 Å². The number of likely N-dealkylation sites (tertiary alicyclic amines) is 1. The van der Waals surface area contributed by atoms with Gasteiger partial charge >= 0.3 is 0 Å². The molecule has 1 fully saturated rings. The van der Waals surface area contributed by atoms with Crippen molar-refractivity contribution in [1.29, 1.82) is 0 Å². The number of methoxy groups -OCH3 is 1. The van der Waals surface area contributed by atoms with Crippen LogP contribution in [0.1, 0.15) is 37.4 Å². The molecule has 1 heterocycles. The molecule has 1 unspecified atom stereocenters. The molecule has 7 heteroatoms. The Morgan fingerprint density at radius 1 is 1.06 bits per heavy atom. The molecule has 0 bridgehead atoms. The number of benzene rings is 2. The SMILES string of the molecule is CC[NH+](CC)CCCN1C(=O)C(=O)C(=C([O-])c2ccc(OC)cc2)C1c1ccc(Cl)cc1. The highest BCUT2D eigenvalue weighted by atomic mass is 35.5. The van der Waals surface area contributed by atoms with Crippen LogP contribution in [-0.4, -0.2) is 49.9 Å². The van der Waals surface area contributed by atoms with Crippen molar-refractivity contribution in [1.82, 2.24) is 4.90 Å². The van der Waals surface area contributed by atoms with E-state index in [1.165, 1.54) is 9.80 Å². The van der Waals surface area contributed by atoms with E-state index < -0.39 is 23.5 Å². The fourth-order valence-electron chi connectivity index (χ4n) is 4.09. The molecule has 170 valence electrons. The highest BCUT2D eigenvalue weighted by Gasteiger charge is 2.43. The van der Waals surface area contributed by atoms with Crippen molar-refractivity contribution in [2.24, 2.45) is 0 Å². The number of amides is 1. The van der Waals surface area contributed by atoms with Gasteiger partial charge in [-0.2, -0.15) is 0 Å². The minimum atomic E-state index is -0.735. The second-order valence-electron chi connectivity index (χ2n) is 7.81. The quantitative estimate of drug-likeness (QED) is 0.355. The first kappa shape index (κ1) is 23.8. The lowest BCUT2D eigenvalue weighted by Crippen LogP contribution is -3.11. The van der Waals surface area contributed by atoms with Crippen molar-refractivity contribution in [3.63, 3.8) is 0 Å². The van der Waals surface area contributed by atoms with Crippen LogP contribution in [0.2, 0.25) is 5.02 Å². The second kappa shape index (κ2) is 10.7. The number of rotatable bonds is 9. The Bertz CT molecular complexity index is 982. The lowest BCUT2D eigenvalue weighted by molar-refractivity contribution is -0.896. The molecular formula is C25H29ClN2O4. The van der Waals surface area contributed by atoms with Crippen molar-refractivity contribution >= 4 is 29.1 Å². The van der Waals surface area contributed by atoms with E-state index in [0.29, 0.717) is 28.4 Å². The minimum Gasteiger partial charge on any atom is -0.872 e. The molecule has 1 amide bonds. The number of halogens is 1. The van der Waals surface area contributed by atoms with E-state index in [2.05, 4.69) is 13.8 Å². The van der Waals surface area contributed by atoms with Crippen molar-refractivity contribution in [2.75, 3.05) is 33.3 Å². The number of ether oxygens (including phenoxy) is 1. The summed E-state index contributed by atoms with van der Waals surface area (Å²) >= 11 is 6.05. The third-order valence-corrected chi connectivity index (χ3v) is 6.25. The number of nitrogens with zero attached hydrogens (tertiary/aromatic N) is 1. The molecular weight excluding hydrogens is 428 g/mol. The standard InChI is InChI=1S/C25H29ClN2O4/c1-4-27(5-2)15-6-16-28-22(17-7-11-19(26)12-8-17)21(24(30)25(28)31)23(29)18-9-13-20(32-3)14-10-18/h7-14,22,29H,4-6,15-16H2,1-3H3. The van der Waals surface area contributed by atoms with Crippen molar-refractivity contribution in [2.45, 2.75) is 26.3 Å². The number of hydrogen-bond acceptors (Lipinski definition) is 4. The highest BCUT2D eigenvalue weighted by molar-refractivity contribution is 6.46. The van der Waals surface area contributed by atoms with Crippen LogP contribution in [0.4, 0.5) is 0 Å². The molecule has 1 aliphatic rings. The van der Waals surface area contributed by atoms with Crippen molar-refractivity contribution in [3.05, 3.63) is 70.3 Å². The summed E-state index contributed by atoms with van der Waals surface area (Å²) in [7, 11) is 1.54. The van der Waals surface area contributed by atoms with Crippen LogP contribution in [0.25, 0.3) is 5.76 Å². The van der Waals surface area contributed by atoms with Gasteiger partial charge in [-0.15, -0.1) is 0 Å². The van der Waals surface area contributed by atoms with E-state index in [9.17, 15) is 14.7 Å². The van der Waals surface area contributed by atoms with Crippen molar-refractivity contribution < 1.29 is 24.3 Å². The molecule has 1 saturated heterocycles. The van der Waals surface area contributed by atoms with E-state index in [4.69, 9.17) is 16.3 Å². The van der Waals surface area contributed by atoms with Gasteiger partial charge in [-0.05, 0) is 49.2 Å². The van der Waals surface area contributed by atoms with Gasteiger partial charge in [0.2, 0.25) is 5.78 Å². The predicted octanol–water partition coefficient (Wildman–Crippen LogP) is 1.89. The van der Waals surface area contributed by atoms with Crippen LogP contribution in [0.15, 0.2) is 54.1 Å². The first-order valence-electron chi connectivity index (χ1n) is 10.9. The molecule has 2 aromatic carbocycles. The number of carbonyl (C=O) groups is 2. The molecule has 0 aliphatic carbocycles. The third kappa shape index (κ3) is 4.97. The summed E-state index contributed by atoms with van der Waals surface area (Å²) in [5.41, 5.74) is 1.02. The molecule has 2 aromatic rings. The summed E-state index contributed by atoms with van der Waals surface area (Å²) in [5.74, 6) is -1.20. The first-order chi connectivity index (χ1) is 15.4. The summed E-state index contributed by atoms with van der Waals surface area (Å²) in [5, 5.41) is 13.9. The topological polar surface area (TPSA) is 74.1 Å². The largest absolute Gasteiger partial charge is 0.872 e. The van der Waals surface area contributed by atoms with Gasteiger partial charge in [-0.25, -0.2) is 0 Å². The summed E-state index contributed by atoms with van der Waals surface area (Å²) < 4.78 is 5.15. The monoisotopic (exact) mass is 456 g/mol. The van der Waals surface area contributed by atoms with Gasteiger partial charge in [0.05, 0.1) is 32.8 Å². The molecule has 1 N–H and O–H groups in total. The van der Waals surface area contributed by atoms with E-state index in [1.807, 2.05) is 0 Å². The van der Waals surface area contributed by atoms with Gasteiger partial charge in [0, 0.05) is 23.6 Å². The maximum Gasteiger partial charge on any atom is 0.295 e. The van der Waals surface area contributed by atoms with Crippen LogP contribution >= 0.6 is 11.6 Å². The van der Waals surface area contributed by atoms with E-state index in [-0.39, 0.29) is 5.57 Å². The fourth-order valence-corrected chi connectivity index (χ4v) is 4.22. The molecule has 3 rings (SSSR count). The minimum absolute atomic E-state index is 0.0160. The highest BCUT2D eigenvalue weighted by Crippen LogP contribution is 2.39. The summed E-state index contributed by atoms with van der Waals surface area (Å²) in [6.45, 7) is 7.54. The van der Waals surface area contributed by atoms with Gasteiger partial charge in [0.1, 0.15) is 5.75 Å². The van der Waals surface area contributed by atoms with E-state index >= 15 is 0 Å². The lowest BCUT2D eigenvalue weighted by atomic mass is 9.95. The van der Waals surface area contributed by atoms with Gasteiger partial charge in [0.15, 0.2) is 0 Å².